The van der Waals surface area contributed by atoms with E-state index in [1.54, 1.807) is 0 Å². The predicted octanol–water partition coefficient (Wildman–Crippen LogP) is 3.17. The highest BCUT2D eigenvalue weighted by Crippen LogP contribution is 2.23. The highest BCUT2D eigenvalue weighted by Gasteiger charge is 2.20. The second kappa shape index (κ2) is 8.56. The summed E-state index contributed by atoms with van der Waals surface area (Å²) in [5, 5.41) is 10.4. The Kier molecular flexibility index (Phi) is 6.17. The number of nitrogens with zero attached hydrogens (tertiary/aromatic N) is 2. The molecule has 4 nitrogen and oxygen atoms in total. The maximum Gasteiger partial charge on any atom is 0.122 e. The van der Waals surface area contributed by atoms with Gasteiger partial charge in [0.2, 0.25) is 0 Å². The lowest BCUT2D eigenvalue weighted by molar-refractivity contribution is 0.0660. The van der Waals surface area contributed by atoms with Gasteiger partial charge in [0.15, 0.2) is 0 Å². The lowest BCUT2D eigenvalue weighted by Crippen LogP contribution is -2.49. The van der Waals surface area contributed by atoms with Crippen LogP contribution in [0.5, 0.6) is 5.75 Å². The standard InChI is InChI=1S/C22H30N2O2/c1-17-13-18(2)19(3)22(14-17)26-16-21(25)15-23-9-11-24(12-10-23)20-7-5-4-6-8-20/h4-8,13-14,21,25H,9-12,15-16H2,1-3H3. The van der Waals surface area contributed by atoms with Crippen LogP contribution in [-0.2, 0) is 0 Å². The molecule has 0 saturated carbocycles. The van der Waals surface area contributed by atoms with E-state index in [1.165, 1.54) is 16.8 Å². The summed E-state index contributed by atoms with van der Waals surface area (Å²) in [4.78, 5) is 4.72. The second-order valence-electron chi connectivity index (χ2n) is 7.29. The molecule has 0 bridgehead atoms. The molecule has 1 atom stereocenters. The number of anilines is 1. The number of aliphatic hydroxyl groups excluding tert-OH is 1. The second-order valence-corrected chi connectivity index (χ2v) is 7.29. The molecule has 2 aromatic rings. The van der Waals surface area contributed by atoms with Gasteiger partial charge in [0.25, 0.3) is 0 Å². The van der Waals surface area contributed by atoms with Gasteiger partial charge in [-0.05, 0) is 55.7 Å². The van der Waals surface area contributed by atoms with E-state index in [4.69, 9.17) is 4.74 Å². The average Bonchev–Trinajstić information content (AvgIpc) is 2.65. The first kappa shape index (κ1) is 18.7. The van der Waals surface area contributed by atoms with Crippen molar-refractivity contribution in [3.63, 3.8) is 0 Å². The number of rotatable bonds is 6. The first-order valence-electron chi connectivity index (χ1n) is 9.44. The van der Waals surface area contributed by atoms with E-state index in [0.29, 0.717) is 13.2 Å². The van der Waals surface area contributed by atoms with E-state index in [2.05, 4.69) is 60.9 Å². The van der Waals surface area contributed by atoms with Gasteiger partial charge in [0, 0.05) is 38.4 Å². The molecule has 0 aliphatic carbocycles. The molecule has 1 aliphatic rings. The smallest absolute Gasteiger partial charge is 0.122 e. The highest BCUT2D eigenvalue weighted by atomic mass is 16.5. The molecular formula is C22H30N2O2. The van der Waals surface area contributed by atoms with Crippen LogP contribution in [0.4, 0.5) is 5.69 Å². The van der Waals surface area contributed by atoms with E-state index >= 15 is 0 Å². The quantitative estimate of drug-likeness (QED) is 0.864. The third-order valence-corrected chi connectivity index (χ3v) is 5.16. The molecule has 1 N–H and O–H groups in total. The Hall–Kier alpha value is -2.04. The van der Waals surface area contributed by atoms with Crippen molar-refractivity contribution in [2.75, 3.05) is 44.2 Å². The van der Waals surface area contributed by atoms with Crippen molar-refractivity contribution >= 4 is 5.69 Å². The molecule has 0 amide bonds. The van der Waals surface area contributed by atoms with Crippen molar-refractivity contribution < 1.29 is 9.84 Å². The summed E-state index contributed by atoms with van der Waals surface area (Å²) in [5.41, 5.74) is 4.85. The molecule has 0 aromatic heterocycles. The van der Waals surface area contributed by atoms with Gasteiger partial charge in [0.05, 0.1) is 0 Å². The van der Waals surface area contributed by atoms with Gasteiger partial charge in [-0.25, -0.2) is 0 Å². The minimum absolute atomic E-state index is 0.336. The molecule has 1 saturated heterocycles. The Labute approximate surface area is 157 Å². The molecular weight excluding hydrogens is 324 g/mol. The van der Waals surface area contributed by atoms with Crippen molar-refractivity contribution in [2.24, 2.45) is 0 Å². The number of aliphatic hydroxyl groups is 1. The van der Waals surface area contributed by atoms with Gasteiger partial charge in [-0.1, -0.05) is 24.3 Å². The van der Waals surface area contributed by atoms with Crippen LogP contribution in [0.1, 0.15) is 16.7 Å². The van der Waals surface area contributed by atoms with Crippen molar-refractivity contribution in [2.45, 2.75) is 26.9 Å². The highest BCUT2D eigenvalue weighted by molar-refractivity contribution is 5.46. The first-order chi connectivity index (χ1) is 12.5. The monoisotopic (exact) mass is 354 g/mol. The first-order valence-corrected chi connectivity index (χ1v) is 9.44. The molecule has 140 valence electrons. The minimum Gasteiger partial charge on any atom is -0.491 e. The zero-order valence-corrected chi connectivity index (χ0v) is 16.1. The lowest BCUT2D eigenvalue weighted by atomic mass is 10.1. The van der Waals surface area contributed by atoms with Gasteiger partial charge < -0.3 is 14.7 Å². The largest absolute Gasteiger partial charge is 0.491 e. The number of aryl methyl sites for hydroxylation is 2. The number of benzene rings is 2. The Balaban J connectivity index is 1.45. The van der Waals surface area contributed by atoms with Gasteiger partial charge >= 0.3 is 0 Å². The molecule has 1 aliphatic heterocycles. The maximum atomic E-state index is 10.4. The Morgan fingerprint density at radius 1 is 1.00 bits per heavy atom. The van der Waals surface area contributed by atoms with Crippen molar-refractivity contribution in [1.29, 1.82) is 0 Å². The van der Waals surface area contributed by atoms with Crippen molar-refractivity contribution in [1.82, 2.24) is 4.90 Å². The zero-order valence-electron chi connectivity index (χ0n) is 16.1. The van der Waals surface area contributed by atoms with Crippen LogP contribution in [0, 0.1) is 20.8 Å². The molecule has 1 heterocycles. The number of hydrogen-bond donors (Lipinski definition) is 1. The topological polar surface area (TPSA) is 35.9 Å². The van der Waals surface area contributed by atoms with Gasteiger partial charge in [0.1, 0.15) is 18.5 Å². The SMILES string of the molecule is Cc1cc(C)c(C)c(OCC(O)CN2CCN(c3ccccc3)CC2)c1. The van der Waals surface area contributed by atoms with Crippen LogP contribution in [0.2, 0.25) is 0 Å². The molecule has 3 rings (SSSR count). The van der Waals surface area contributed by atoms with Crippen molar-refractivity contribution in [3.8, 4) is 5.75 Å². The fourth-order valence-corrected chi connectivity index (χ4v) is 3.51. The van der Waals surface area contributed by atoms with Crippen LogP contribution in [-0.4, -0.2) is 55.4 Å². The molecule has 26 heavy (non-hydrogen) atoms. The normalized spacial score (nSPS) is 16.5. The number of piperazine rings is 1. The van der Waals surface area contributed by atoms with E-state index in [1.807, 2.05) is 12.1 Å². The third-order valence-electron chi connectivity index (χ3n) is 5.16. The minimum atomic E-state index is -0.474. The summed E-state index contributed by atoms with van der Waals surface area (Å²) in [5.74, 6) is 0.885. The number of para-hydroxylation sites is 1. The molecule has 4 heteroatoms. The predicted molar refractivity (Wildman–Crippen MR) is 107 cm³/mol. The Morgan fingerprint density at radius 3 is 2.38 bits per heavy atom. The molecule has 0 spiro atoms. The van der Waals surface area contributed by atoms with Crippen LogP contribution >= 0.6 is 0 Å². The summed E-state index contributed by atoms with van der Waals surface area (Å²) in [6.07, 6.45) is -0.474. The van der Waals surface area contributed by atoms with E-state index in [0.717, 1.165) is 37.5 Å². The molecule has 1 unspecified atom stereocenters. The summed E-state index contributed by atoms with van der Waals surface area (Å²) in [7, 11) is 0. The Morgan fingerprint density at radius 2 is 1.69 bits per heavy atom. The van der Waals surface area contributed by atoms with Gasteiger partial charge in [-0.15, -0.1) is 0 Å². The Bertz CT molecular complexity index is 710. The molecule has 0 radical (unpaired) electrons. The summed E-state index contributed by atoms with van der Waals surface area (Å²) >= 11 is 0. The molecule has 2 aromatic carbocycles. The average molecular weight is 354 g/mol. The van der Waals surface area contributed by atoms with Crippen LogP contribution in [0.15, 0.2) is 42.5 Å². The van der Waals surface area contributed by atoms with Crippen LogP contribution < -0.4 is 9.64 Å². The van der Waals surface area contributed by atoms with E-state index in [9.17, 15) is 5.11 Å². The zero-order chi connectivity index (χ0) is 18.5. The summed E-state index contributed by atoms with van der Waals surface area (Å²) < 4.78 is 5.91. The van der Waals surface area contributed by atoms with Gasteiger partial charge in [-0.2, -0.15) is 0 Å². The summed E-state index contributed by atoms with van der Waals surface area (Å²) in [6.45, 7) is 11.2. The fraction of sp³-hybridized carbons (Fsp3) is 0.455. The van der Waals surface area contributed by atoms with E-state index < -0.39 is 6.10 Å². The van der Waals surface area contributed by atoms with Gasteiger partial charge in [-0.3, -0.25) is 4.90 Å². The maximum absolute atomic E-state index is 10.4. The van der Waals surface area contributed by atoms with Crippen molar-refractivity contribution in [3.05, 3.63) is 59.2 Å². The molecule has 1 fully saturated rings. The lowest BCUT2D eigenvalue weighted by Gasteiger charge is -2.36. The number of β-amino-alcohol motifs (C(OH)–C–C–N with tert-alkyl or cyclic N) is 1. The number of ether oxygens (including phenoxy) is 1. The van der Waals surface area contributed by atoms with Crippen LogP contribution in [0.25, 0.3) is 0 Å². The number of hydrogen-bond acceptors (Lipinski definition) is 4. The fourth-order valence-electron chi connectivity index (χ4n) is 3.51. The van der Waals surface area contributed by atoms with E-state index in [-0.39, 0.29) is 0 Å². The third kappa shape index (κ3) is 4.77. The van der Waals surface area contributed by atoms with Crippen LogP contribution in [0.3, 0.4) is 0 Å². The summed E-state index contributed by atoms with van der Waals surface area (Å²) in [6, 6.07) is 14.7.